The molecule has 24 valence electrons. The SMILES string of the molecule is [Co].[CsH].[Dy].[Y]. The van der Waals surface area contributed by atoms with E-state index in [-0.39, 0.29) is 157 Å². The van der Waals surface area contributed by atoms with Crippen molar-refractivity contribution in [1.29, 1.82) is 0 Å². The van der Waals surface area contributed by atoms with E-state index in [1.807, 2.05) is 0 Å². The van der Waals surface area contributed by atoms with Crippen LogP contribution < -0.4 is 0 Å². The van der Waals surface area contributed by atoms with Crippen molar-refractivity contribution in [3.8, 4) is 0 Å². The second-order valence-corrected chi connectivity index (χ2v) is 0. The molecule has 0 fully saturated rings. The first-order valence-corrected chi connectivity index (χ1v) is 0. The van der Waals surface area contributed by atoms with Crippen LogP contribution in [0, 0.1) is 38.2 Å². The third kappa shape index (κ3) is 10.0. The fourth-order valence-corrected chi connectivity index (χ4v) is 0. The Hall–Kier alpha value is 4.94. The van der Waals surface area contributed by atoms with Gasteiger partial charge in [0.15, 0.2) is 0 Å². The van der Waals surface area contributed by atoms with Gasteiger partial charge in [-0.25, -0.2) is 0 Å². The summed E-state index contributed by atoms with van der Waals surface area (Å²) in [6.45, 7) is 0. The molecule has 0 rings (SSSR count). The van der Waals surface area contributed by atoms with Gasteiger partial charge in [0.25, 0.3) is 0 Å². The zero-order valence-corrected chi connectivity index (χ0v) is 7.14. The number of rotatable bonds is 0. The normalized spacial score (nSPS) is 0. The van der Waals surface area contributed by atoms with E-state index < -0.39 is 0 Å². The van der Waals surface area contributed by atoms with Gasteiger partial charge in [0.2, 0.25) is 0 Å². The molecule has 0 aliphatic carbocycles. The van der Waals surface area contributed by atoms with Crippen molar-refractivity contribution in [2.75, 3.05) is 0 Å². The molecular weight excluding hydrogens is 443 g/mol. The standard InChI is InChI=1S/Co.Cs.Dy.Y.H. The first-order valence-electron chi connectivity index (χ1n) is 0. The van der Waals surface area contributed by atoms with E-state index in [0.717, 1.165) is 0 Å². The van der Waals surface area contributed by atoms with E-state index in [0.29, 0.717) is 0 Å². The summed E-state index contributed by atoms with van der Waals surface area (Å²) < 4.78 is 0. The van der Waals surface area contributed by atoms with Crippen molar-refractivity contribution in [1.82, 2.24) is 0 Å². The maximum atomic E-state index is 0. The van der Waals surface area contributed by atoms with E-state index in [1.54, 1.807) is 0 Å². The molecule has 0 spiro atoms. The summed E-state index contributed by atoms with van der Waals surface area (Å²) in [6, 6.07) is 0. The van der Waals surface area contributed by atoms with Crippen LogP contribution in [-0.2, 0) is 49.5 Å². The summed E-state index contributed by atoms with van der Waals surface area (Å²) >= 11 is 0. The van der Waals surface area contributed by atoms with Gasteiger partial charge in [-0.15, -0.1) is 0 Å². The van der Waals surface area contributed by atoms with Crippen LogP contribution in [-0.4, -0.2) is 68.9 Å². The smallest absolute Gasteiger partial charge is 0 e. The molecular formula is HCoCsDyY. The molecule has 4 heteroatoms. The molecule has 0 aromatic carbocycles. The van der Waals surface area contributed by atoms with Crippen LogP contribution in [0.25, 0.3) is 0 Å². The Bertz CT molecular complexity index is 8.00. The molecule has 2 radical (unpaired) electrons. The van der Waals surface area contributed by atoms with Crippen LogP contribution in [0.15, 0.2) is 0 Å². The predicted octanol–water partition coefficient (Wildman–Crippen LogP) is -0.653. The summed E-state index contributed by atoms with van der Waals surface area (Å²) in [4.78, 5) is 0. The Balaban J connectivity index is 0. The largest absolute Gasteiger partial charge is 0 e. The van der Waals surface area contributed by atoms with Crippen molar-refractivity contribution < 1.29 is 87.7 Å². The van der Waals surface area contributed by atoms with Gasteiger partial charge in [-0.3, -0.25) is 0 Å². The minimum absolute atomic E-state index is 0. The van der Waals surface area contributed by atoms with Crippen LogP contribution in [0.5, 0.6) is 0 Å². The molecule has 0 nitrogen and oxygen atoms in total. The molecule has 0 aromatic heterocycles. The molecule has 0 saturated heterocycles. The van der Waals surface area contributed by atoms with Crippen molar-refractivity contribution in [3.05, 3.63) is 0 Å². The molecule has 0 unspecified atom stereocenters. The van der Waals surface area contributed by atoms with Crippen LogP contribution in [0.3, 0.4) is 0 Å². The van der Waals surface area contributed by atoms with Gasteiger partial charge in [0.05, 0.1) is 0 Å². The van der Waals surface area contributed by atoms with E-state index in [2.05, 4.69) is 0 Å². The Morgan fingerprint density at radius 1 is 1.00 bits per heavy atom. The van der Waals surface area contributed by atoms with Crippen molar-refractivity contribution >= 4 is 68.9 Å². The first-order chi connectivity index (χ1) is 0. The minimum atomic E-state index is 0. The summed E-state index contributed by atoms with van der Waals surface area (Å²) in [5.74, 6) is 0. The summed E-state index contributed by atoms with van der Waals surface area (Å²) in [5, 5.41) is 0. The Morgan fingerprint density at radius 2 is 1.00 bits per heavy atom. The molecule has 0 saturated carbocycles. The molecule has 0 aliphatic rings. The Labute approximate surface area is 151 Å². The van der Waals surface area contributed by atoms with Crippen LogP contribution >= 0.6 is 0 Å². The van der Waals surface area contributed by atoms with Gasteiger partial charge in [-0.2, -0.15) is 0 Å². The predicted molar refractivity (Wildman–Crippen MR) is 7.15 cm³/mol. The molecule has 0 heterocycles. The third-order valence-corrected chi connectivity index (χ3v) is 0. The molecule has 0 atom stereocenters. The zero-order chi connectivity index (χ0) is 0. The molecule has 0 bridgehead atoms. The number of hydrogen-bond donors (Lipinski definition) is 0. The monoisotopic (exact) mass is 446 g/mol. The Kier molecular flexibility index (Phi) is 90.5. The summed E-state index contributed by atoms with van der Waals surface area (Å²) in [6.07, 6.45) is 0. The van der Waals surface area contributed by atoms with Gasteiger partial charge >= 0.3 is 68.9 Å². The topological polar surface area (TPSA) is 0 Å². The molecule has 4 heavy (non-hydrogen) atoms. The second kappa shape index (κ2) is 15.7. The average molecular weight is 444 g/mol. The van der Waals surface area contributed by atoms with Gasteiger partial charge in [-0.05, 0) is 0 Å². The van der Waals surface area contributed by atoms with Gasteiger partial charge in [-0.1, -0.05) is 0 Å². The number of hydrogen-bond acceptors (Lipinski definition) is 0. The fraction of sp³-hybridized carbons (Fsp3) is 0. The quantitative estimate of drug-likeness (QED) is 0.466. The molecule has 0 aliphatic heterocycles. The van der Waals surface area contributed by atoms with E-state index >= 15 is 0 Å². The Morgan fingerprint density at radius 3 is 1.00 bits per heavy atom. The van der Waals surface area contributed by atoms with Crippen LogP contribution in [0.4, 0.5) is 0 Å². The van der Waals surface area contributed by atoms with Crippen LogP contribution in [0.2, 0.25) is 0 Å². The first kappa shape index (κ1) is 23.1. The van der Waals surface area contributed by atoms with Crippen molar-refractivity contribution in [2.45, 2.75) is 0 Å². The van der Waals surface area contributed by atoms with Crippen molar-refractivity contribution in [2.24, 2.45) is 0 Å². The summed E-state index contributed by atoms with van der Waals surface area (Å²) in [5.41, 5.74) is 0. The van der Waals surface area contributed by atoms with Gasteiger partial charge in [0, 0.05) is 87.7 Å². The molecule has 0 amide bonds. The van der Waals surface area contributed by atoms with Crippen LogP contribution in [0.1, 0.15) is 0 Å². The van der Waals surface area contributed by atoms with E-state index in [4.69, 9.17) is 0 Å². The van der Waals surface area contributed by atoms with E-state index in [9.17, 15) is 0 Å². The maximum Gasteiger partial charge on any atom is 0 e. The average Bonchev–Trinajstić information content (AvgIpc) is 0. The van der Waals surface area contributed by atoms with Gasteiger partial charge < -0.3 is 0 Å². The molecule has 0 aromatic rings. The minimum Gasteiger partial charge on any atom is 0 e. The molecule has 0 N–H and O–H groups in total. The summed E-state index contributed by atoms with van der Waals surface area (Å²) in [7, 11) is 0. The fourth-order valence-electron chi connectivity index (χ4n) is 0. The van der Waals surface area contributed by atoms with Crippen molar-refractivity contribution in [3.63, 3.8) is 0 Å². The zero-order valence-electron chi connectivity index (χ0n) is 1.23. The third-order valence-electron chi connectivity index (χ3n) is 0. The van der Waals surface area contributed by atoms with E-state index in [1.165, 1.54) is 0 Å². The second-order valence-electron chi connectivity index (χ2n) is 0. The maximum absolute atomic E-state index is 0. The van der Waals surface area contributed by atoms with Gasteiger partial charge in [0.1, 0.15) is 0 Å².